The molecule has 0 spiro atoms. The number of aromatic nitrogens is 2. The smallest absolute Gasteiger partial charge is 0.410 e. The van der Waals surface area contributed by atoms with Crippen LogP contribution in [0.2, 0.25) is 0 Å². The van der Waals surface area contributed by atoms with Crippen LogP contribution in [0, 0.1) is 17.8 Å². The number of hydrogen-bond acceptors (Lipinski definition) is 4. The van der Waals surface area contributed by atoms with Crippen LogP contribution in [0.25, 0.3) is 10.9 Å². The average Bonchev–Trinajstić information content (AvgIpc) is 3.01. The minimum atomic E-state index is -0.584. The first-order chi connectivity index (χ1) is 14.0. The molecule has 30 heavy (non-hydrogen) atoms. The van der Waals surface area contributed by atoms with Crippen molar-refractivity contribution in [3.05, 3.63) is 30.0 Å². The van der Waals surface area contributed by atoms with Crippen molar-refractivity contribution in [3.63, 3.8) is 0 Å². The molecule has 2 heterocycles. The molecule has 1 saturated carbocycles. The molecule has 0 bridgehead atoms. The Morgan fingerprint density at radius 2 is 1.77 bits per heavy atom. The number of likely N-dealkylation sites (tertiary alicyclic amines) is 1. The van der Waals surface area contributed by atoms with Gasteiger partial charge in [0.05, 0.1) is 16.7 Å². The third-order valence-corrected chi connectivity index (χ3v) is 6.13. The molecule has 162 valence electrons. The van der Waals surface area contributed by atoms with Gasteiger partial charge >= 0.3 is 6.09 Å². The van der Waals surface area contributed by atoms with Crippen LogP contribution in [-0.2, 0) is 21.6 Å². The van der Waals surface area contributed by atoms with E-state index in [0.29, 0.717) is 13.1 Å². The van der Waals surface area contributed by atoms with Crippen molar-refractivity contribution in [2.45, 2.75) is 59.2 Å². The first-order valence-corrected chi connectivity index (χ1v) is 10.8. The third kappa shape index (κ3) is 3.66. The molecule has 2 aromatic rings. The molecule has 7 nitrogen and oxygen atoms in total. The Labute approximate surface area is 177 Å². The molecular weight excluding hydrogens is 380 g/mol. The highest BCUT2D eigenvalue weighted by Gasteiger charge is 2.61. The van der Waals surface area contributed by atoms with Gasteiger partial charge in [-0.15, -0.1) is 0 Å². The molecule has 1 aromatic carbocycles. The van der Waals surface area contributed by atoms with Crippen LogP contribution in [0.3, 0.4) is 0 Å². The lowest BCUT2D eigenvalue weighted by Crippen LogP contribution is -2.44. The van der Waals surface area contributed by atoms with E-state index in [1.165, 1.54) is 0 Å². The molecule has 1 aromatic heterocycles. The molecule has 2 amide bonds. The Hall–Kier alpha value is -2.57. The van der Waals surface area contributed by atoms with Gasteiger partial charge in [0, 0.05) is 30.9 Å². The van der Waals surface area contributed by atoms with Gasteiger partial charge in [0.1, 0.15) is 5.60 Å². The van der Waals surface area contributed by atoms with Crippen LogP contribution < -0.4 is 5.32 Å². The minimum absolute atomic E-state index is 0.0394. The zero-order valence-electron chi connectivity index (χ0n) is 18.7. The van der Waals surface area contributed by atoms with Gasteiger partial charge in [-0.1, -0.05) is 18.2 Å². The molecule has 1 aliphatic heterocycles. The predicted octanol–water partition coefficient (Wildman–Crippen LogP) is 3.52. The van der Waals surface area contributed by atoms with Crippen molar-refractivity contribution in [3.8, 4) is 0 Å². The topological polar surface area (TPSA) is 76.5 Å². The Morgan fingerprint density at radius 3 is 2.37 bits per heavy atom. The summed E-state index contributed by atoms with van der Waals surface area (Å²) in [5.41, 5.74) is 0.872. The quantitative estimate of drug-likeness (QED) is 0.834. The van der Waals surface area contributed by atoms with Crippen molar-refractivity contribution in [1.82, 2.24) is 20.0 Å². The van der Waals surface area contributed by atoms with E-state index in [0.717, 1.165) is 23.1 Å². The fraction of sp³-hybridized carbons (Fsp3) is 0.609. The highest BCUT2D eigenvalue weighted by atomic mass is 16.6. The summed E-state index contributed by atoms with van der Waals surface area (Å²) in [4.78, 5) is 27.0. The molecule has 0 radical (unpaired) electrons. The van der Waals surface area contributed by atoms with Crippen molar-refractivity contribution < 1.29 is 14.3 Å². The number of nitrogens with zero attached hydrogens (tertiary/aromatic N) is 3. The van der Waals surface area contributed by atoms with Gasteiger partial charge in [0.25, 0.3) is 0 Å². The van der Waals surface area contributed by atoms with E-state index in [1.807, 2.05) is 51.4 Å². The lowest BCUT2D eigenvalue weighted by atomic mass is 9.96. The molecule has 1 N–H and O–H groups in total. The average molecular weight is 413 g/mol. The van der Waals surface area contributed by atoms with E-state index in [-0.39, 0.29) is 29.8 Å². The zero-order valence-corrected chi connectivity index (χ0v) is 18.7. The van der Waals surface area contributed by atoms with E-state index in [2.05, 4.69) is 24.4 Å². The summed E-state index contributed by atoms with van der Waals surface area (Å²) in [5, 5.41) is 9.08. The van der Waals surface area contributed by atoms with Crippen LogP contribution >= 0.6 is 0 Å². The highest BCUT2D eigenvalue weighted by Crippen LogP contribution is 2.52. The number of hydrogen-bond donors (Lipinski definition) is 1. The number of fused-ring (bicyclic) bond motifs is 2. The molecule has 7 heteroatoms. The van der Waals surface area contributed by atoms with Gasteiger partial charge in [0.15, 0.2) is 0 Å². The van der Waals surface area contributed by atoms with E-state index < -0.39 is 11.1 Å². The van der Waals surface area contributed by atoms with Gasteiger partial charge in [-0.05, 0) is 59.4 Å². The SMILES string of the molecule is CCn1nc(C(C)(C)NC(=O)[C@H]2[C@@H]3CN(C(=O)OC(C)(C)C)C[C@@H]32)c2ccccc21. The number of carbonyl (C=O) groups is 2. The second-order valence-corrected chi connectivity index (χ2v) is 10.0. The number of carbonyl (C=O) groups excluding carboxylic acids is 2. The zero-order chi connectivity index (χ0) is 21.8. The summed E-state index contributed by atoms with van der Waals surface area (Å²) in [7, 11) is 0. The largest absolute Gasteiger partial charge is 0.444 e. The second-order valence-electron chi connectivity index (χ2n) is 10.0. The number of rotatable bonds is 4. The number of amides is 2. The van der Waals surface area contributed by atoms with Crippen molar-refractivity contribution >= 4 is 22.9 Å². The van der Waals surface area contributed by atoms with E-state index >= 15 is 0 Å². The summed E-state index contributed by atoms with van der Waals surface area (Å²) in [5.74, 6) is 0.452. The van der Waals surface area contributed by atoms with Gasteiger partial charge < -0.3 is 15.0 Å². The summed E-state index contributed by atoms with van der Waals surface area (Å²) in [6.07, 6.45) is -0.286. The van der Waals surface area contributed by atoms with Crippen LogP contribution in [0.5, 0.6) is 0 Å². The molecule has 4 rings (SSSR count). The van der Waals surface area contributed by atoms with Gasteiger partial charge in [-0.3, -0.25) is 9.48 Å². The number of aryl methyl sites for hydroxylation is 1. The summed E-state index contributed by atoms with van der Waals surface area (Å²) >= 11 is 0. The van der Waals surface area contributed by atoms with Crippen molar-refractivity contribution in [2.75, 3.05) is 13.1 Å². The van der Waals surface area contributed by atoms with Gasteiger partial charge in [-0.2, -0.15) is 5.10 Å². The van der Waals surface area contributed by atoms with Crippen LogP contribution in [0.1, 0.15) is 47.2 Å². The Morgan fingerprint density at radius 1 is 1.13 bits per heavy atom. The summed E-state index contributed by atoms with van der Waals surface area (Å²) in [6.45, 7) is 13.6. The maximum Gasteiger partial charge on any atom is 0.410 e. The van der Waals surface area contributed by atoms with E-state index in [4.69, 9.17) is 9.84 Å². The fourth-order valence-electron chi connectivity index (χ4n) is 4.67. The molecule has 1 aliphatic carbocycles. The maximum absolute atomic E-state index is 13.0. The second kappa shape index (κ2) is 7.00. The third-order valence-electron chi connectivity index (χ3n) is 6.13. The van der Waals surface area contributed by atoms with Crippen LogP contribution in [-0.4, -0.2) is 45.4 Å². The predicted molar refractivity (Wildman–Crippen MR) is 115 cm³/mol. The van der Waals surface area contributed by atoms with Crippen LogP contribution in [0.4, 0.5) is 4.79 Å². The standard InChI is InChI=1S/C23H32N4O3/c1-7-27-17-11-9-8-10-14(17)19(25-27)23(5,6)24-20(28)18-15-12-26(13-16(15)18)21(29)30-22(2,3)4/h8-11,15-16,18H,7,12-13H2,1-6H3,(H,24,28)/t15-,16+,18+. The maximum atomic E-state index is 13.0. The van der Waals surface area contributed by atoms with E-state index in [1.54, 1.807) is 4.90 Å². The number of ether oxygens (including phenoxy) is 1. The minimum Gasteiger partial charge on any atom is -0.444 e. The van der Waals surface area contributed by atoms with Crippen molar-refractivity contribution in [2.24, 2.45) is 17.8 Å². The first-order valence-electron chi connectivity index (χ1n) is 10.8. The molecule has 3 atom stereocenters. The Balaban J connectivity index is 1.42. The number of para-hydroxylation sites is 1. The lowest BCUT2D eigenvalue weighted by Gasteiger charge is -2.27. The highest BCUT2D eigenvalue weighted by molar-refractivity contribution is 5.86. The monoisotopic (exact) mass is 412 g/mol. The molecule has 2 fully saturated rings. The molecule has 0 unspecified atom stereocenters. The normalized spacial score (nSPS) is 23.4. The summed E-state index contributed by atoms with van der Waals surface area (Å²) < 4.78 is 7.43. The summed E-state index contributed by atoms with van der Waals surface area (Å²) in [6, 6.07) is 8.13. The van der Waals surface area contributed by atoms with Crippen LogP contribution in [0.15, 0.2) is 24.3 Å². The fourth-order valence-corrected chi connectivity index (χ4v) is 4.67. The number of nitrogens with one attached hydrogen (secondary N) is 1. The lowest BCUT2D eigenvalue weighted by molar-refractivity contribution is -0.125. The van der Waals surface area contributed by atoms with Gasteiger partial charge in [-0.25, -0.2) is 4.79 Å². The van der Waals surface area contributed by atoms with Crippen molar-refractivity contribution in [1.29, 1.82) is 0 Å². The van der Waals surface area contributed by atoms with E-state index in [9.17, 15) is 9.59 Å². The molecular formula is C23H32N4O3. The number of piperidine rings is 1. The molecule has 2 aliphatic rings. The number of benzene rings is 1. The molecule has 1 saturated heterocycles. The van der Waals surface area contributed by atoms with Gasteiger partial charge in [0.2, 0.25) is 5.91 Å². The Bertz CT molecular complexity index is 976. The first kappa shape index (κ1) is 20.7. The Kier molecular flexibility index (Phi) is 4.83.